The first-order valence-electron chi connectivity index (χ1n) is 4.37. The molecule has 0 fully saturated rings. The van der Waals surface area contributed by atoms with E-state index in [4.69, 9.17) is 11.5 Å². The van der Waals surface area contributed by atoms with Crippen molar-refractivity contribution in [2.75, 3.05) is 5.73 Å². The second-order valence-electron chi connectivity index (χ2n) is 3.25. The average molecular weight is 176 g/mol. The first kappa shape index (κ1) is 9.81. The van der Waals surface area contributed by atoms with Gasteiger partial charge in [0, 0.05) is 11.7 Å². The van der Waals surface area contributed by atoms with Gasteiger partial charge in [0.15, 0.2) is 0 Å². The highest BCUT2D eigenvalue weighted by Gasteiger charge is 2.06. The van der Waals surface area contributed by atoms with Gasteiger partial charge in [0.1, 0.15) is 0 Å². The molecule has 4 N–H and O–H groups in total. The van der Waals surface area contributed by atoms with E-state index in [1.165, 1.54) is 0 Å². The van der Waals surface area contributed by atoms with E-state index < -0.39 is 0 Å². The minimum atomic E-state index is 0.0399. The molecule has 0 aliphatic carbocycles. The summed E-state index contributed by atoms with van der Waals surface area (Å²) in [4.78, 5) is 0. The molecule has 1 aromatic carbocycles. The van der Waals surface area contributed by atoms with Gasteiger partial charge in [0.2, 0.25) is 0 Å². The maximum atomic E-state index is 5.94. The Morgan fingerprint density at radius 1 is 1.54 bits per heavy atom. The minimum absolute atomic E-state index is 0.0399. The Balaban J connectivity index is 2.94. The molecule has 0 saturated carbocycles. The topological polar surface area (TPSA) is 52.0 Å². The van der Waals surface area contributed by atoms with Gasteiger partial charge in [-0.3, -0.25) is 0 Å². The molecule has 0 amide bonds. The van der Waals surface area contributed by atoms with Crippen molar-refractivity contribution >= 4 is 5.69 Å². The summed E-state index contributed by atoms with van der Waals surface area (Å²) in [7, 11) is 0. The summed E-state index contributed by atoms with van der Waals surface area (Å²) in [6.07, 6.45) is 2.63. The molecule has 0 saturated heterocycles. The van der Waals surface area contributed by atoms with Crippen LogP contribution in [0, 0.1) is 6.92 Å². The van der Waals surface area contributed by atoms with Gasteiger partial charge in [0.25, 0.3) is 0 Å². The SMILES string of the molecule is C=CCC(N)c1ccc(N)cc1C. The molecule has 1 atom stereocenters. The molecule has 0 heterocycles. The van der Waals surface area contributed by atoms with Gasteiger partial charge in [-0.05, 0) is 36.6 Å². The number of hydrogen-bond acceptors (Lipinski definition) is 2. The summed E-state index contributed by atoms with van der Waals surface area (Å²) in [6, 6.07) is 5.85. The smallest absolute Gasteiger partial charge is 0.0332 e. The van der Waals surface area contributed by atoms with E-state index in [0.29, 0.717) is 0 Å². The van der Waals surface area contributed by atoms with Crippen molar-refractivity contribution in [3.63, 3.8) is 0 Å². The minimum Gasteiger partial charge on any atom is -0.399 e. The lowest BCUT2D eigenvalue weighted by Gasteiger charge is -2.12. The normalized spacial score (nSPS) is 12.5. The van der Waals surface area contributed by atoms with Crippen LogP contribution >= 0.6 is 0 Å². The average Bonchev–Trinajstić information content (AvgIpc) is 2.04. The molecule has 0 aliphatic rings. The number of anilines is 1. The first-order valence-corrected chi connectivity index (χ1v) is 4.37. The third-order valence-corrected chi connectivity index (χ3v) is 2.11. The molecule has 1 rings (SSSR count). The zero-order chi connectivity index (χ0) is 9.84. The predicted octanol–water partition coefficient (Wildman–Crippen LogP) is 2.15. The molecule has 2 nitrogen and oxygen atoms in total. The molecule has 0 radical (unpaired) electrons. The lowest BCUT2D eigenvalue weighted by Crippen LogP contribution is -2.10. The molecule has 13 heavy (non-hydrogen) atoms. The number of hydrogen-bond donors (Lipinski definition) is 2. The third kappa shape index (κ3) is 2.33. The van der Waals surface area contributed by atoms with Gasteiger partial charge in [-0.2, -0.15) is 0 Å². The van der Waals surface area contributed by atoms with Crippen LogP contribution in [0.4, 0.5) is 5.69 Å². The van der Waals surface area contributed by atoms with E-state index in [-0.39, 0.29) is 6.04 Å². The van der Waals surface area contributed by atoms with Crippen molar-refractivity contribution < 1.29 is 0 Å². The monoisotopic (exact) mass is 176 g/mol. The third-order valence-electron chi connectivity index (χ3n) is 2.11. The van der Waals surface area contributed by atoms with Crippen molar-refractivity contribution in [3.05, 3.63) is 42.0 Å². The van der Waals surface area contributed by atoms with E-state index in [1.807, 2.05) is 31.2 Å². The van der Waals surface area contributed by atoms with Crippen molar-refractivity contribution in [3.8, 4) is 0 Å². The van der Waals surface area contributed by atoms with Crippen LogP contribution in [0.3, 0.4) is 0 Å². The van der Waals surface area contributed by atoms with Crippen LogP contribution in [0.1, 0.15) is 23.6 Å². The Bertz CT molecular complexity index is 305. The Morgan fingerprint density at radius 2 is 2.23 bits per heavy atom. The van der Waals surface area contributed by atoms with E-state index >= 15 is 0 Å². The summed E-state index contributed by atoms with van der Waals surface area (Å²) in [5.41, 5.74) is 14.7. The van der Waals surface area contributed by atoms with Crippen LogP contribution in [0.25, 0.3) is 0 Å². The molecule has 0 bridgehead atoms. The van der Waals surface area contributed by atoms with Crippen molar-refractivity contribution in [1.29, 1.82) is 0 Å². The van der Waals surface area contributed by atoms with Gasteiger partial charge in [-0.25, -0.2) is 0 Å². The molecule has 70 valence electrons. The van der Waals surface area contributed by atoms with E-state index in [0.717, 1.165) is 23.2 Å². The largest absolute Gasteiger partial charge is 0.399 e. The molecular formula is C11H16N2. The van der Waals surface area contributed by atoms with Crippen LogP contribution < -0.4 is 11.5 Å². The fraction of sp³-hybridized carbons (Fsp3) is 0.273. The molecule has 0 aromatic heterocycles. The number of aryl methyl sites for hydroxylation is 1. The van der Waals surface area contributed by atoms with Crippen molar-refractivity contribution in [2.45, 2.75) is 19.4 Å². The van der Waals surface area contributed by atoms with Crippen LogP contribution in [0.15, 0.2) is 30.9 Å². The maximum absolute atomic E-state index is 5.94. The highest BCUT2D eigenvalue weighted by atomic mass is 14.6. The second kappa shape index (κ2) is 4.10. The summed E-state index contributed by atoms with van der Waals surface area (Å²) < 4.78 is 0. The second-order valence-corrected chi connectivity index (χ2v) is 3.25. The lowest BCUT2D eigenvalue weighted by atomic mass is 9.99. The molecule has 0 aliphatic heterocycles. The quantitative estimate of drug-likeness (QED) is 0.547. The van der Waals surface area contributed by atoms with Crippen LogP contribution in [0.2, 0.25) is 0 Å². The van der Waals surface area contributed by atoms with Gasteiger partial charge in [-0.15, -0.1) is 6.58 Å². The summed E-state index contributed by atoms with van der Waals surface area (Å²) in [6.45, 7) is 5.69. The Morgan fingerprint density at radius 3 is 2.77 bits per heavy atom. The van der Waals surface area contributed by atoms with E-state index in [1.54, 1.807) is 0 Å². The molecule has 0 spiro atoms. The zero-order valence-corrected chi connectivity index (χ0v) is 7.96. The van der Waals surface area contributed by atoms with Crippen molar-refractivity contribution in [1.82, 2.24) is 0 Å². The van der Waals surface area contributed by atoms with Crippen molar-refractivity contribution in [2.24, 2.45) is 5.73 Å². The van der Waals surface area contributed by atoms with E-state index in [9.17, 15) is 0 Å². The van der Waals surface area contributed by atoms with Crippen LogP contribution in [-0.2, 0) is 0 Å². The van der Waals surface area contributed by atoms with Gasteiger partial charge < -0.3 is 11.5 Å². The predicted molar refractivity (Wildman–Crippen MR) is 57.3 cm³/mol. The van der Waals surface area contributed by atoms with E-state index in [2.05, 4.69) is 6.58 Å². The molecule has 2 heteroatoms. The van der Waals surface area contributed by atoms with Gasteiger partial charge in [0.05, 0.1) is 0 Å². The summed E-state index contributed by atoms with van der Waals surface area (Å²) >= 11 is 0. The Hall–Kier alpha value is -1.28. The number of rotatable bonds is 3. The first-order chi connectivity index (χ1) is 6.15. The lowest BCUT2D eigenvalue weighted by molar-refractivity contribution is 0.736. The Labute approximate surface area is 79.2 Å². The number of nitrogens with two attached hydrogens (primary N) is 2. The Kier molecular flexibility index (Phi) is 3.09. The van der Waals surface area contributed by atoms with Gasteiger partial charge in [-0.1, -0.05) is 12.1 Å². The summed E-state index contributed by atoms with van der Waals surface area (Å²) in [5.74, 6) is 0. The fourth-order valence-corrected chi connectivity index (χ4v) is 1.42. The highest BCUT2D eigenvalue weighted by Crippen LogP contribution is 2.20. The fourth-order valence-electron chi connectivity index (χ4n) is 1.42. The van der Waals surface area contributed by atoms with Gasteiger partial charge >= 0.3 is 0 Å². The highest BCUT2D eigenvalue weighted by molar-refractivity contribution is 5.45. The standard InChI is InChI=1S/C11H16N2/c1-3-4-11(13)10-6-5-9(12)7-8(10)2/h3,5-7,11H,1,4,12-13H2,2H3. The molecule has 1 aromatic rings. The molecular weight excluding hydrogens is 160 g/mol. The maximum Gasteiger partial charge on any atom is 0.0332 e. The number of nitrogen functional groups attached to an aromatic ring is 1. The van der Waals surface area contributed by atoms with Crippen LogP contribution in [0.5, 0.6) is 0 Å². The molecule has 1 unspecified atom stereocenters. The summed E-state index contributed by atoms with van der Waals surface area (Å²) in [5, 5.41) is 0. The zero-order valence-electron chi connectivity index (χ0n) is 7.96. The number of benzene rings is 1. The van der Waals surface area contributed by atoms with Crippen LogP contribution in [-0.4, -0.2) is 0 Å².